The summed E-state index contributed by atoms with van der Waals surface area (Å²) in [5.41, 5.74) is 6.27. The lowest BCUT2D eigenvalue weighted by molar-refractivity contribution is -0.140. The first-order valence-electron chi connectivity index (χ1n) is 8.42. The number of benzene rings is 1. The molecule has 0 bridgehead atoms. The number of rotatable bonds is 8. The molecule has 1 aromatic carbocycles. The predicted molar refractivity (Wildman–Crippen MR) is 117 cm³/mol. The van der Waals surface area contributed by atoms with Crippen LogP contribution in [0.15, 0.2) is 34.8 Å². The van der Waals surface area contributed by atoms with Crippen LogP contribution in [0.3, 0.4) is 0 Å². The topological polar surface area (TPSA) is 164 Å². The van der Waals surface area contributed by atoms with Crippen LogP contribution in [0.2, 0.25) is 5.02 Å². The Bertz CT molecular complexity index is 1120. The quantitative estimate of drug-likeness (QED) is 0.206. The second-order valence-corrected chi connectivity index (χ2v) is 9.80. The van der Waals surface area contributed by atoms with E-state index in [1.165, 1.54) is 12.5 Å². The summed E-state index contributed by atoms with van der Waals surface area (Å²) < 4.78 is 33.0. The average Bonchev–Trinajstić information content (AvgIpc) is 3.13. The molecule has 1 aliphatic rings. The van der Waals surface area contributed by atoms with Gasteiger partial charge in [0.2, 0.25) is 0 Å². The fourth-order valence-corrected chi connectivity index (χ4v) is 5.72. The number of oxime groups is 1. The van der Waals surface area contributed by atoms with E-state index >= 15 is 0 Å². The highest BCUT2D eigenvalue weighted by Gasteiger charge is 2.54. The van der Waals surface area contributed by atoms with E-state index in [0.29, 0.717) is 9.33 Å². The number of hydrogen-bond donors (Lipinski definition) is 3. The molecule has 166 valence electrons. The molecule has 0 aliphatic carbocycles. The van der Waals surface area contributed by atoms with Gasteiger partial charge in [-0.15, -0.1) is 23.1 Å². The third kappa shape index (κ3) is 5.27. The van der Waals surface area contributed by atoms with Crippen LogP contribution in [0.4, 0.5) is 5.13 Å². The summed E-state index contributed by atoms with van der Waals surface area (Å²) in [5, 5.41) is 7.17. The Kier molecular flexibility index (Phi) is 7.06. The summed E-state index contributed by atoms with van der Waals surface area (Å²) >= 11 is 7.96. The molecule has 4 N–H and O–H groups in total. The first kappa shape index (κ1) is 23.3. The lowest BCUT2D eigenvalue weighted by Gasteiger charge is -2.43. The molecule has 2 heterocycles. The Morgan fingerprint density at radius 1 is 1.45 bits per heavy atom. The van der Waals surface area contributed by atoms with Gasteiger partial charge in [0.05, 0.1) is 0 Å². The molecule has 11 nitrogen and oxygen atoms in total. The lowest BCUT2D eigenvalue weighted by atomic mass is 10.1. The summed E-state index contributed by atoms with van der Waals surface area (Å²) in [6.07, 6.45) is 0. The van der Waals surface area contributed by atoms with E-state index in [1.54, 1.807) is 24.3 Å². The number of carbonyl (C=O) groups is 2. The van der Waals surface area contributed by atoms with Crippen molar-refractivity contribution in [2.75, 3.05) is 12.8 Å². The van der Waals surface area contributed by atoms with Gasteiger partial charge in [-0.1, -0.05) is 28.9 Å². The van der Waals surface area contributed by atoms with E-state index in [0.717, 1.165) is 28.7 Å². The van der Waals surface area contributed by atoms with Crippen molar-refractivity contribution in [1.29, 1.82) is 0 Å². The zero-order chi connectivity index (χ0) is 22.8. The number of anilines is 1. The van der Waals surface area contributed by atoms with Crippen LogP contribution in [-0.2, 0) is 30.5 Å². The van der Waals surface area contributed by atoms with Crippen LogP contribution in [0, 0.1) is 0 Å². The number of nitrogen functional groups attached to an aromatic ring is 1. The highest BCUT2D eigenvalue weighted by Crippen LogP contribution is 2.34. The van der Waals surface area contributed by atoms with Crippen LogP contribution in [-0.4, -0.2) is 58.3 Å². The molecular weight excluding hydrogens is 490 g/mol. The van der Waals surface area contributed by atoms with E-state index < -0.39 is 33.5 Å². The molecule has 0 radical (unpaired) electrons. The van der Waals surface area contributed by atoms with Gasteiger partial charge in [-0.25, -0.2) is 4.98 Å². The van der Waals surface area contributed by atoms with Crippen molar-refractivity contribution in [3.63, 3.8) is 0 Å². The molecule has 1 aromatic heterocycles. The summed E-state index contributed by atoms with van der Waals surface area (Å²) in [6.45, 7) is 0. The third-order valence-electron chi connectivity index (χ3n) is 4.03. The Labute approximate surface area is 190 Å². The van der Waals surface area contributed by atoms with Crippen LogP contribution in [0.5, 0.6) is 0 Å². The summed E-state index contributed by atoms with van der Waals surface area (Å²) in [6, 6.07) is 5.56. The fraction of sp³-hybridized carbons (Fsp3) is 0.250. The van der Waals surface area contributed by atoms with E-state index in [4.69, 9.17) is 17.3 Å². The second-order valence-electron chi connectivity index (χ2n) is 6.08. The molecule has 1 fully saturated rings. The zero-order valence-corrected chi connectivity index (χ0v) is 19.0. The highest BCUT2D eigenvalue weighted by atomic mass is 35.5. The number of halogens is 1. The SMILES string of the molecule is CO/N=C(\C(=O)N[C@@H]1C(=O)N(S(=O)(=O)O)[C@H]1SCc1ccc(Cl)cc1)c1csc(N)n1. The molecule has 31 heavy (non-hydrogen) atoms. The van der Waals surface area contributed by atoms with Crippen molar-refractivity contribution >= 4 is 67.7 Å². The maximum atomic E-state index is 12.7. The van der Waals surface area contributed by atoms with Gasteiger partial charge in [-0.2, -0.15) is 12.7 Å². The van der Waals surface area contributed by atoms with Crippen molar-refractivity contribution in [1.82, 2.24) is 14.6 Å². The Hall–Kier alpha value is -2.39. The number of nitrogens with zero attached hydrogens (tertiary/aromatic N) is 3. The minimum atomic E-state index is -4.82. The van der Waals surface area contributed by atoms with Gasteiger partial charge in [-0.3, -0.25) is 14.1 Å². The first-order chi connectivity index (χ1) is 14.6. The Morgan fingerprint density at radius 3 is 2.68 bits per heavy atom. The summed E-state index contributed by atoms with van der Waals surface area (Å²) in [5.74, 6) is -1.52. The highest BCUT2D eigenvalue weighted by molar-refractivity contribution is 8.00. The van der Waals surface area contributed by atoms with E-state index in [9.17, 15) is 22.6 Å². The predicted octanol–water partition coefficient (Wildman–Crippen LogP) is 1.12. The molecule has 2 amide bonds. The van der Waals surface area contributed by atoms with Gasteiger partial charge >= 0.3 is 10.3 Å². The van der Waals surface area contributed by atoms with Gasteiger partial charge in [0.25, 0.3) is 11.8 Å². The number of thiazole rings is 1. The minimum absolute atomic E-state index is 0.130. The molecule has 1 saturated heterocycles. The van der Waals surface area contributed by atoms with Crippen molar-refractivity contribution in [3.8, 4) is 0 Å². The molecule has 1 aliphatic heterocycles. The molecule has 3 rings (SSSR count). The number of aromatic nitrogens is 1. The molecule has 0 unspecified atom stereocenters. The molecule has 2 aromatic rings. The van der Waals surface area contributed by atoms with Crippen molar-refractivity contribution in [2.24, 2.45) is 5.16 Å². The zero-order valence-electron chi connectivity index (χ0n) is 15.8. The number of hydrogen-bond acceptors (Lipinski definition) is 10. The van der Waals surface area contributed by atoms with Crippen molar-refractivity contribution in [2.45, 2.75) is 17.2 Å². The number of nitrogens with one attached hydrogen (secondary N) is 1. The summed E-state index contributed by atoms with van der Waals surface area (Å²) in [7, 11) is -3.59. The number of amides is 2. The lowest BCUT2D eigenvalue weighted by Crippen LogP contribution is -2.71. The number of carbonyl (C=O) groups excluding carboxylic acids is 2. The van der Waals surface area contributed by atoms with Crippen LogP contribution < -0.4 is 11.1 Å². The normalized spacial score (nSPS) is 19.1. The van der Waals surface area contributed by atoms with Gasteiger partial charge < -0.3 is 15.9 Å². The molecule has 2 atom stereocenters. The maximum absolute atomic E-state index is 12.7. The first-order valence-corrected chi connectivity index (χ1v) is 12.1. The smallest absolute Gasteiger partial charge is 0.363 e. The Balaban J connectivity index is 1.78. The third-order valence-corrected chi connectivity index (χ3v) is 7.32. The van der Waals surface area contributed by atoms with Gasteiger partial charge in [0.1, 0.15) is 24.2 Å². The molecular formula is C16H16ClN5O6S3. The van der Waals surface area contributed by atoms with E-state index in [1.807, 2.05) is 0 Å². The monoisotopic (exact) mass is 505 g/mol. The van der Waals surface area contributed by atoms with Gasteiger partial charge in [-0.05, 0) is 17.7 Å². The number of thioether (sulfide) groups is 1. The van der Waals surface area contributed by atoms with Gasteiger partial charge in [0.15, 0.2) is 10.8 Å². The molecule has 0 saturated carbocycles. The van der Waals surface area contributed by atoms with E-state index in [2.05, 4.69) is 20.3 Å². The van der Waals surface area contributed by atoms with Crippen LogP contribution in [0.25, 0.3) is 0 Å². The standard InChI is InChI=1S/C16H16ClN5O6S3/c1-28-21-11(10-7-30-16(18)19-10)13(23)20-12-14(24)22(31(25,26)27)15(12)29-6-8-2-4-9(17)5-3-8/h2-5,7,12,15H,6H2,1H3,(H2,18,19)(H,20,23)(H,25,26,27)/b21-11-/t12-,15+/m1/s1. The van der Waals surface area contributed by atoms with Crippen LogP contribution >= 0.6 is 34.7 Å². The minimum Gasteiger partial charge on any atom is -0.398 e. The average molecular weight is 506 g/mol. The van der Waals surface area contributed by atoms with E-state index in [-0.39, 0.29) is 22.3 Å². The van der Waals surface area contributed by atoms with Crippen molar-refractivity contribution < 1.29 is 27.4 Å². The summed E-state index contributed by atoms with van der Waals surface area (Å²) in [4.78, 5) is 33.7. The fourth-order valence-electron chi connectivity index (χ4n) is 2.64. The maximum Gasteiger partial charge on any atom is 0.363 e. The Morgan fingerprint density at radius 2 is 2.13 bits per heavy atom. The number of nitrogens with two attached hydrogens (primary N) is 1. The van der Waals surface area contributed by atoms with Gasteiger partial charge in [0, 0.05) is 16.2 Å². The van der Waals surface area contributed by atoms with Crippen molar-refractivity contribution in [3.05, 3.63) is 45.9 Å². The largest absolute Gasteiger partial charge is 0.398 e. The van der Waals surface area contributed by atoms with Crippen LogP contribution in [0.1, 0.15) is 11.3 Å². The molecule has 0 spiro atoms. The second kappa shape index (κ2) is 9.40. The number of β-lactam (4-membered cyclic amide) rings is 1. The molecule has 15 heteroatoms.